The summed E-state index contributed by atoms with van der Waals surface area (Å²) in [4.78, 5) is 18.4. The van der Waals surface area contributed by atoms with Crippen LogP contribution in [0.15, 0.2) is 17.2 Å². The molecule has 0 aliphatic heterocycles. The van der Waals surface area contributed by atoms with E-state index in [1.807, 2.05) is 18.9 Å². The van der Waals surface area contributed by atoms with Gasteiger partial charge in [-0.25, -0.2) is 4.98 Å². The monoisotopic (exact) mass is 252 g/mol. The Morgan fingerprint density at radius 3 is 2.67 bits per heavy atom. The number of hydrogen-bond donors (Lipinski definition) is 1. The van der Waals surface area contributed by atoms with Crippen molar-refractivity contribution in [1.29, 1.82) is 0 Å². The molecule has 5 heteroatoms. The first-order valence-electron chi connectivity index (χ1n) is 6.45. The highest BCUT2D eigenvalue weighted by Crippen LogP contribution is 2.08. The molecule has 0 radical (unpaired) electrons. The zero-order valence-corrected chi connectivity index (χ0v) is 11.8. The number of nitrogens with two attached hydrogens (primary N) is 1. The summed E-state index contributed by atoms with van der Waals surface area (Å²) in [5.74, 6) is 0.934. The van der Waals surface area contributed by atoms with Crippen molar-refractivity contribution in [3.63, 3.8) is 0 Å². The van der Waals surface area contributed by atoms with Gasteiger partial charge in [-0.2, -0.15) is 0 Å². The SMILES string of the molecule is CC(C)Cn1ccnc(N(C)C(C)CCN)c1=O. The number of rotatable bonds is 6. The molecule has 1 aromatic rings. The van der Waals surface area contributed by atoms with Gasteiger partial charge in [0.2, 0.25) is 0 Å². The maximum atomic E-state index is 12.3. The summed E-state index contributed by atoms with van der Waals surface area (Å²) in [5, 5.41) is 0. The Bertz CT molecular complexity index is 427. The minimum atomic E-state index is -0.0300. The second kappa shape index (κ2) is 6.54. The lowest BCUT2D eigenvalue weighted by Crippen LogP contribution is -2.37. The van der Waals surface area contributed by atoms with Gasteiger partial charge in [0.25, 0.3) is 5.56 Å². The van der Waals surface area contributed by atoms with E-state index < -0.39 is 0 Å². The van der Waals surface area contributed by atoms with Crippen LogP contribution in [-0.2, 0) is 6.54 Å². The van der Waals surface area contributed by atoms with Gasteiger partial charge in [0.15, 0.2) is 5.82 Å². The molecule has 1 rings (SSSR count). The van der Waals surface area contributed by atoms with E-state index >= 15 is 0 Å². The average Bonchev–Trinajstić information content (AvgIpc) is 2.31. The van der Waals surface area contributed by atoms with E-state index in [2.05, 4.69) is 18.8 Å². The fourth-order valence-electron chi connectivity index (χ4n) is 1.86. The van der Waals surface area contributed by atoms with Gasteiger partial charge < -0.3 is 15.2 Å². The molecule has 1 aromatic heterocycles. The van der Waals surface area contributed by atoms with E-state index in [-0.39, 0.29) is 11.6 Å². The van der Waals surface area contributed by atoms with Gasteiger partial charge in [-0.1, -0.05) is 13.8 Å². The molecular formula is C13H24N4O. The van der Waals surface area contributed by atoms with Gasteiger partial charge in [-0.05, 0) is 25.8 Å². The minimum Gasteiger partial charge on any atom is -0.352 e. The normalized spacial score (nSPS) is 12.8. The molecular weight excluding hydrogens is 228 g/mol. The minimum absolute atomic E-state index is 0.0300. The van der Waals surface area contributed by atoms with Crippen molar-refractivity contribution in [3.05, 3.63) is 22.7 Å². The molecule has 2 N–H and O–H groups in total. The third kappa shape index (κ3) is 3.57. The molecule has 0 saturated carbocycles. The van der Waals surface area contributed by atoms with Gasteiger partial charge in [0, 0.05) is 32.0 Å². The number of nitrogens with zero attached hydrogens (tertiary/aromatic N) is 3. The Hall–Kier alpha value is -1.36. The molecule has 0 amide bonds. The van der Waals surface area contributed by atoms with Crippen molar-refractivity contribution < 1.29 is 0 Å². The van der Waals surface area contributed by atoms with E-state index in [0.29, 0.717) is 24.8 Å². The van der Waals surface area contributed by atoms with Gasteiger partial charge >= 0.3 is 0 Å². The Morgan fingerprint density at radius 2 is 2.11 bits per heavy atom. The second-order valence-corrected chi connectivity index (χ2v) is 5.14. The third-order valence-corrected chi connectivity index (χ3v) is 3.04. The topological polar surface area (TPSA) is 64.2 Å². The molecule has 1 unspecified atom stereocenters. The van der Waals surface area contributed by atoms with Gasteiger partial charge in [-0.15, -0.1) is 0 Å². The van der Waals surface area contributed by atoms with E-state index in [4.69, 9.17) is 5.73 Å². The molecule has 0 aliphatic rings. The summed E-state index contributed by atoms with van der Waals surface area (Å²) in [6, 6.07) is 0.213. The summed E-state index contributed by atoms with van der Waals surface area (Å²) >= 11 is 0. The second-order valence-electron chi connectivity index (χ2n) is 5.14. The van der Waals surface area contributed by atoms with Gasteiger partial charge in [0.05, 0.1) is 0 Å². The zero-order valence-electron chi connectivity index (χ0n) is 11.8. The predicted octanol–water partition coefficient (Wildman–Crippen LogP) is 1.07. The molecule has 1 atom stereocenters. The van der Waals surface area contributed by atoms with E-state index in [9.17, 15) is 4.79 Å². The van der Waals surface area contributed by atoms with Crippen LogP contribution in [0.3, 0.4) is 0 Å². The number of hydrogen-bond acceptors (Lipinski definition) is 4. The Balaban J connectivity index is 2.99. The van der Waals surface area contributed by atoms with Crippen LogP contribution in [0.2, 0.25) is 0 Å². The summed E-state index contributed by atoms with van der Waals surface area (Å²) in [5.41, 5.74) is 5.52. The van der Waals surface area contributed by atoms with E-state index in [1.54, 1.807) is 17.0 Å². The molecule has 1 heterocycles. The predicted molar refractivity (Wildman–Crippen MR) is 74.9 cm³/mol. The lowest BCUT2D eigenvalue weighted by molar-refractivity contribution is 0.506. The van der Waals surface area contributed by atoms with Crippen LogP contribution in [0.25, 0.3) is 0 Å². The highest BCUT2D eigenvalue weighted by molar-refractivity contribution is 5.35. The van der Waals surface area contributed by atoms with Crippen molar-refractivity contribution in [2.75, 3.05) is 18.5 Å². The van der Waals surface area contributed by atoms with Crippen molar-refractivity contribution in [2.24, 2.45) is 11.7 Å². The molecule has 0 aliphatic carbocycles. The highest BCUT2D eigenvalue weighted by Gasteiger charge is 2.15. The van der Waals surface area contributed by atoms with Crippen LogP contribution in [-0.4, -0.2) is 29.2 Å². The summed E-state index contributed by atoms with van der Waals surface area (Å²) in [6.45, 7) is 7.56. The Morgan fingerprint density at radius 1 is 1.44 bits per heavy atom. The standard InChI is InChI=1S/C13H24N4O/c1-10(2)9-17-8-7-15-12(13(17)18)16(4)11(3)5-6-14/h7-8,10-11H,5-6,9,14H2,1-4H3. The molecule has 0 saturated heterocycles. The Labute approximate surface area is 109 Å². The summed E-state index contributed by atoms with van der Waals surface area (Å²) < 4.78 is 1.72. The molecule has 0 bridgehead atoms. The largest absolute Gasteiger partial charge is 0.352 e. The maximum absolute atomic E-state index is 12.3. The van der Waals surface area contributed by atoms with Crippen LogP contribution in [0.1, 0.15) is 27.2 Å². The van der Waals surface area contributed by atoms with Crippen molar-refractivity contribution >= 4 is 5.82 Å². The summed E-state index contributed by atoms with van der Waals surface area (Å²) in [6.07, 6.45) is 4.27. The summed E-state index contributed by atoms with van der Waals surface area (Å²) in [7, 11) is 1.89. The molecule has 0 spiro atoms. The van der Waals surface area contributed by atoms with Crippen LogP contribution in [0.5, 0.6) is 0 Å². The first kappa shape index (κ1) is 14.7. The molecule has 0 fully saturated rings. The lowest BCUT2D eigenvalue weighted by atomic mass is 10.2. The Kier molecular flexibility index (Phi) is 5.34. The molecule has 0 aromatic carbocycles. The average molecular weight is 252 g/mol. The van der Waals surface area contributed by atoms with Crippen LogP contribution in [0.4, 0.5) is 5.82 Å². The zero-order chi connectivity index (χ0) is 13.7. The number of aromatic nitrogens is 2. The number of anilines is 1. The molecule has 18 heavy (non-hydrogen) atoms. The lowest BCUT2D eigenvalue weighted by Gasteiger charge is -2.25. The van der Waals surface area contributed by atoms with Crippen LogP contribution < -0.4 is 16.2 Å². The van der Waals surface area contributed by atoms with Crippen LogP contribution in [0, 0.1) is 5.92 Å². The van der Waals surface area contributed by atoms with Crippen molar-refractivity contribution in [3.8, 4) is 0 Å². The van der Waals surface area contributed by atoms with Crippen molar-refractivity contribution in [2.45, 2.75) is 39.8 Å². The smallest absolute Gasteiger partial charge is 0.293 e. The quantitative estimate of drug-likeness (QED) is 0.822. The first-order chi connectivity index (χ1) is 8.47. The fraction of sp³-hybridized carbons (Fsp3) is 0.692. The fourth-order valence-corrected chi connectivity index (χ4v) is 1.86. The van der Waals surface area contributed by atoms with Crippen molar-refractivity contribution in [1.82, 2.24) is 9.55 Å². The molecule has 5 nitrogen and oxygen atoms in total. The van der Waals surface area contributed by atoms with Crippen LogP contribution >= 0.6 is 0 Å². The van der Waals surface area contributed by atoms with Gasteiger partial charge in [-0.3, -0.25) is 4.79 Å². The maximum Gasteiger partial charge on any atom is 0.293 e. The first-order valence-corrected chi connectivity index (χ1v) is 6.45. The van der Waals surface area contributed by atoms with E-state index in [0.717, 1.165) is 6.42 Å². The van der Waals surface area contributed by atoms with E-state index in [1.165, 1.54) is 0 Å². The highest BCUT2D eigenvalue weighted by atomic mass is 16.1. The molecule has 102 valence electrons. The van der Waals surface area contributed by atoms with Gasteiger partial charge in [0.1, 0.15) is 0 Å². The third-order valence-electron chi connectivity index (χ3n) is 3.04.